The van der Waals surface area contributed by atoms with Crippen LogP contribution in [0, 0.1) is 11.7 Å². The number of rotatable bonds is 5. The molecular weight excluding hydrogens is 329 g/mol. The van der Waals surface area contributed by atoms with Crippen LogP contribution in [0.25, 0.3) is 0 Å². The van der Waals surface area contributed by atoms with E-state index in [1.807, 2.05) is 12.1 Å². The van der Waals surface area contributed by atoms with Crippen LogP contribution >= 0.6 is 0 Å². The van der Waals surface area contributed by atoms with Gasteiger partial charge in [0.1, 0.15) is 23.8 Å². The van der Waals surface area contributed by atoms with Gasteiger partial charge in [-0.15, -0.1) is 0 Å². The third kappa shape index (κ3) is 4.06. The van der Waals surface area contributed by atoms with Crippen LogP contribution in [0.15, 0.2) is 36.7 Å². The van der Waals surface area contributed by atoms with Gasteiger partial charge in [-0.2, -0.15) is 0 Å². The Balaban J connectivity index is 1.31. The Morgan fingerprint density at radius 1 is 1.00 bits per heavy atom. The molecule has 6 heteroatoms. The summed E-state index contributed by atoms with van der Waals surface area (Å²) in [7, 11) is 0. The highest BCUT2D eigenvalue weighted by Gasteiger charge is 2.22. The predicted octanol–water partition coefficient (Wildman–Crippen LogP) is 3.54. The molecule has 0 radical (unpaired) electrons. The molecule has 2 fully saturated rings. The van der Waals surface area contributed by atoms with Crippen LogP contribution in [0.1, 0.15) is 25.7 Å². The Hall–Kier alpha value is -2.37. The van der Waals surface area contributed by atoms with Gasteiger partial charge in [-0.05, 0) is 55.9 Å². The number of halogens is 1. The minimum Gasteiger partial charge on any atom is -0.371 e. The zero-order valence-corrected chi connectivity index (χ0v) is 15.1. The molecule has 1 aromatic heterocycles. The van der Waals surface area contributed by atoms with Gasteiger partial charge in [0, 0.05) is 44.5 Å². The summed E-state index contributed by atoms with van der Waals surface area (Å²) >= 11 is 0. The smallest absolute Gasteiger partial charge is 0.134 e. The van der Waals surface area contributed by atoms with E-state index >= 15 is 0 Å². The number of piperidine rings is 1. The largest absolute Gasteiger partial charge is 0.371 e. The summed E-state index contributed by atoms with van der Waals surface area (Å²) in [6, 6.07) is 8.85. The highest BCUT2D eigenvalue weighted by atomic mass is 19.1. The van der Waals surface area contributed by atoms with Crippen molar-refractivity contribution >= 4 is 17.3 Å². The van der Waals surface area contributed by atoms with Gasteiger partial charge in [0.2, 0.25) is 0 Å². The SMILES string of the molecule is Fc1ccc(N2CCC(CNc3cc(N4CCCCC4)ncn3)C2)cc1. The van der Waals surface area contributed by atoms with E-state index in [1.54, 1.807) is 6.33 Å². The predicted molar refractivity (Wildman–Crippen MR) is 103 cm³/mol. The molecule has 1 unspecified atom stereocenters. The van der Waals surface area contributed by atoms with E-state index in [2.05, 4.69) is 31.2 Å². The molecule has 2 aliphatic heterocycles. The maximum atomic E-state index is 13.1. The molecule has 0 amide bonds. The first-order chi connectivity index (χ1) is 12.8. The van der Waals surface area contributed by atoms with Crippen molar-refractivity contribution in [2.45, 2.75) is 25.7 Å². The van der Waals surface area contributed by atoms with E-state index in [0.717, 1.165) is 56.5 Å². The second-order valence-electron chi connectivity index (χ2n) is 7.27. The fourth-order valence-corrected chi connectivity index (χ4v) is 3.87. The minimum atomic E-state index is -0.181. The highest BCUT2D eigenvalue weighted by Crippen LogP contribution is 2.25. The number of nitrogens with one attached hydrogen (secondary N) is 1. The molecule has 0 aliphatic carbocycles. The lowest BCUT2D eigenvalue weighted by Gasteiger charge is -2.27. The summed E-state index contributed by atoms with van der Waals surface area (Å²) in [4.78, 5) is 13.5. The van der Waals surface area contributed by atoms with Gasteiger partial charge in [0.05, 0.1) is 0 Å². The second-order valence-corrected chi connectivity index (χ2v) is 7.27. The third-order valence-electron chi connectivity index (χ3n) is 5.38. The van der Waals surface area contributed by atoms with Gasteiger partial charge in [-0.1, -0.05) is 0 Å². The normalized spacial score (nSPS) is 20.4. The number of anilines is 3. The zero-order chi connectivity index (χ0) is 17.8. The Morgan fingerprint density at radius 2 is 1.81 bits per heavy atom. The van der Waals surface area contributed by atoms with E-state index < -0.39 is 0 Å². The molecule has 1 N–H and O–H groups in total. The van der Waals surface area contributed by atoms with E-state index in [0.29, 0.717) is 5.92 Å². The average Bonchev–Trinajstić information content (AvgIpc) is 3.17. The van der Waals surface area contributed by atoms with E-state index in [1.165, 1.54) is 31.4 Å². The summed E-state index contributed by atoms with van der Waals surface area (Å²) in [6.07, 6.45) is 6.60. The fraction of sp³-hybridized carbons (Fsp3) is 0.500. The van der Waals surface area contributed by atoms with Crippen molar-refractivity contribution in [2.75, 3.05) is 47.8 Å². The molecule has 3 heterocycles. The van der Waals surface area contributed by atoms with Crippen LogP contribution in [0.3, 0.4) is 0 Å². The van der Waals surface area contributed by atoms with Gasteiger partial charge in [-0.3, -0.25) is 0 Å². The van der Waals surface area contributed by atoms with Crippen molar-refractivity contribution in [1.82, 2.24) is 9.97 Å². The number of benzene rings is 1. The zero-order valence-electron chi connectivity index (χ0n) is 15.1. The van der Waals surface area contributed by atoms with Crippen LogP contribution in [0.2, 0.25) is 0 Å². The Labute approximate surface area is 154 Å². The molecule has 5 nitrogen and oxygen atoms in total. The van der Waals surface area contributed by atoms with E-state index in [4.69, 9.17) is 0 Å². The monoisotopic (exact) mass is 355 g/mol. The van der Waals surface area contributed by atoms with Gasteiger partial charge in [-0.25, -0.2) is 14.4 Å². The lowest BCUT2D eigenvalue weighted by atomic mass is 10.1. The van der Waals surface area contributed by atoms with Gasteiger partial charge in [0.15, 0.2) is 0 Å². The van der Waals surface area contributed by atoms with Crippen molar-refractivity contribution in [3.8, 4) is 0 Å². The molecule has 26 heavy (non-hydrogen) atoms. The molecule has 2 aliphatic rings. The molecule has 1 aromatic carbocycles. The van der Waals surface area contributed by atoms with Crippen LogP contribution in [0.4, 0.5) is 21.7 Å². The molecule has 0 saturated carbocycles. The Morgan fingerprint density at radius 3 is 2.62 bits per heavy atom. The Kier molecular flexibility index (Phi) is 5.18. The number of aromatic nitrogens is 2. The van der Waals surface area contributed by atoms with E-state index in [-0.39, 0.29) is 5.82 Å². The first-order valence-corrected chi connectivity index (χ1v) is 9.59. The number of hydrogen-bond donors (Lipinski definition) is 1. The summed E-state index contributed by atoms with van der Waals surface area (Å²) in [5, 5.41) is 3.48. The lowest BCUT2D eigenvalue weighted by molar-refractivity contribution is 0.573. The second kappa shape index (κ2) is 7.89. The van der Waals surface area contributed by atoms with E-state index in [9.17, 15) is 4.39 Å². The molecular formula is C20H26FN5. The van der Waals surface area contributed by atoms with Crippen molar-refractivity contribution in [3.63, 3.8) is 0 Å². The fourth-order valence-electron chi connectivity index (χ4n) is 3.87. The van der Waals surface area contributed by atoms with Crippen LogP contribution < -0.4 is 15.1 Å². The molecule has 1 atom stereocenters. The summed E-state index contributed by atoms with van der Waals surface area (Å²) in [5.74, 6) is 2.32. The minimum absolute atomic E-state index is 0.181. The van der Waals surface area contributed by atoms with Gasteiger partial charge < -0.3 is 15.1 Å². The number of hydrogen-bond acceptors (Lipinski definition) is 5. The summed E-state index contributed by atoms with van der Waals surface area (Å²) in [5.41, 5.74) is 1.10. The van der Waals surface area contributed by atoms with Crippen LogP contribution in [-0.2, 0) is 0 Å². The molecule has 2 saturated heterocycles. The van der Waals surface area contributed by atoms with Gasteiger partial charge in [0.25, 0.3) is 0 Å². The van der Waals surface area contributed by atoms with Crippen molar-refractivity contribution < 1.29 is 4.39 Å². The Bertz CT molecular complexity index is 714. The first kappa shape index (κ1) is 17.1. The van der Waals surface area contributed by atoms with Gasteiger partial charge >= 0.3 is 0 Å². The molecule has 4 rings (SSSR count). The van der Waals surface area contributed by atoms with Crippen LogP contribution in [-0.4, -0.2) is 42.7 Å². The number of nitrogens with zero attached hydrogens (tertiary/aromatic N) is 4. The standard InChI is InChI=1S/C20H26FN5/c21-17-4-6-18(7-5-17)26-11-8-16(14-26)13-22-19-12-20(24-15-23-19)25-9-2-1-3-10-25/h4-7,12,15-16H,1-3,8-11,13-14H2,(H,22,23,24). The van der Waals surface area contributed by atoms with Crippen molar-refractivity contribution in [3.05, 3.63) is 42.5 Å². The molecule has 138 valence electrons. The van der Waals surface area contributed by atoms with Crippen molar-refractivity contribution in [2.24, 2.45) is 5.92 Å². The average molecular weight is 355 g/mol. The topological polar surface area (TPSA) is 44.3 Å². The summed E-state index contributed by atoms with van der Waals surface area (Å²) < 4.78 is 13.1. The molecule has 0 spiro atoms. The maximum Gasteiger partial charge on any atom is 0.134 e. The molecule has 0 bridgehead atoms. The maximum absolute atomic E-state index is 13.1. The van der Waals surface area contributed by atoms with Crippen molar-refractivity contribution in [1.29, 1.82) is 0 Å². The summed E-state index contributed by atoms with van der Waals surface area (Å²) in [6.45, 7) is 5.08. The quantitative estimate of drug-likeness (QED) is 0.889. The van der Waals surface area contributed by atoms with Crippen LogP contribution in [0.5, 0.6) is 0 Å². The highest BCUT2D eigenvalue weighted by molar-refractivity contribution is 5.49. The first-order valence-electron chi connectivity index (χ1n) is 9.59. The lowest BCUT2D eigenvalue weighted by Crippen LogP contribution is -2.30. The molecule has 2 aromatic rings. The third-order valence-corrected chi connectivity index (χ3v) is 5.38.